The summed E-state index contributed by atoms with van der Waals surface area (Å²) in [6, 6.07) is 4.21. The quantitative estimate of drug-likeness (QED) is 0.414. The molecule has 0 fully saturated rings. The van der Waals surface area contributed by atoms with Crippen molar-refractivity contribution in [3.05, 3.63) is 30.1 Å². The van der Waals surface area contributed by atoms with Crippen LogP contribution in [0.5, 0.6) is 0 Å². The van der Waals surface area contributed by atoms with Crippen LogP contribution in [0, 0.1) is 0 Å². The first-order chi connectivity index (χ1) is 6.89. The second-order valence-corrected chi connectivity index (χ2v) is 3.96. The second-order valence-electron chi connectivity index (χ2n) is 2.81. The number of rotatable bonds is 2. The van der Waals surface area contributed by atoms with Crippen LogP contribution in [0.1, 0.15) is 12.5 Å². The van der Waals surface area contributed by atoms with E-state index < -0.39 is 10.4 Å². The van der Waals surface area contributed by atoms with E-state index in [1.54, 1.807) is 0 Å². The Morgan fingerprint density at radius 1 is 1.53 bits per heavy atom. The predicted molar refractivity (Wildman–Crippen MR) is 53.7 cm³/mol. The van der Waals surface area contributed by atoms with Crippen molar-refractivity contribution in [1.29, 1.82) is 0 Å². The first kappa shape index (κ1) is 14.0. The van der Waals surface area contributed by atoms with E-state index in [4.69, 9.17) is 0 Å². The fraction of sp³-hybridized carbons (Fsp3) is 0.444. The number of hydrogen-bond acceptors (Lipinski definition) is 4. The van der Waals surface area contributed by atoms with Crippen molar-refractivity contribution in [1.82, 2.24) is 0 Å². The fourth-order valence-corrected chi connectivity index (χ4v) is 0.859. The third-order valence-corrected chi connectivity index (χ3v) is 2.02. The molecule has 0 radical (unpaired) electrons. The van der Waals surface area contributed by atoms with Crippen LogP contribution in [0.15, 0.2) is 24.5 Å². The molecule has 6 heteroatoms. The number of aryl methyl sites for hydroxylation is 2. The first-order valence-corrected chi connectivity index (χ1v) is 5.68. The van der Waals surface area contributed by atoms with Gasteiger partial charge in [0.05, 0.1) is 7.11 Å². The van der Waals surface area contributed by atoms with E-state index in [-0.39, 0.29) is 0 Å². The smallest absolute Gasteiger partial charge is 0.217 e. The lowest BCUT2D eigenvalue weighted by molar-refractivity contribution is -0.671. The zero-order valence-electron chi connectivity index (χ0n) is 9.00. The minimum absolute atomic E-state index is 0.808. The molecule has 0 unspecified atom stereocenters. The number of hydrogen-bond donors (Lipinski definition) is 0. The van der Waals surface area contributed by atoms with Crippen LogP contribution < -0.4 is 4.57 Å². The molecule has 5 nitrogen and oxygen atoms in total. The van der Waals surface area contributed by atoms with Crippen molar-refractivity contribution in [2.45, 2.75) is 13.3 Å². The van der Waals surface area contributed by atoms with Crippen LogP contribution in [-0.4, -0.2) is 20.1 Å². The fourth-order valence-electron chi connectivity index (χ4n) is 0.859. The lowest BCUT2D eigenvalue weighted by Crippen LogP contribution is -2.26. The lowest BCUT2D eigenvalue weighted by Gasteiger charge is -1.98. The van der Waals surface area contributed by atoms with E-state index in [0.717, 1.165) is 13.5 Å². The monoisotopic (exact) mass is 233 g/mol. The molecule has 0 aromatic carbocycles. The summed E-state index contributed by atoms with van der Waals surface area (Å²) >= 11 is 0. The summed E-state index contributed by atoms with van der Waals surface area (Å²) in [5, 5.41) is 0. The highest BCUT2D eigenvalue weighted by Crippen LogP contribution is 1.92. The normalized spacial score (nSPS) is 10.4. The summed E-state index contributed by atoms with van der Waals surface area (Å²) in [6.45, 7) is 2.16. The largest absolute Gasteiger partial charge is 0.726 e. The summed E-state index contributed by atoms with van der Waals surface area (Å²) in [5.41, 5.74) is 1.39. The molecule has 86 valence electrons. The number of aromatic nitrogens is 1. The Morgan fingerprint density at radius 3 is 2.33 bits per heavy atom. The van der Waals surface area contributed by atoms with Gasteiger partial charge in [-0.15, -0.1) is 0 Å². The van der Waals surface area contributed by atoms with Gasteiger partial charge in [0.2, 0.25) is 10.4 Å². The molecular formula is C9H15NO4S. The van der Waals surface area contributed by atoms with E-state index in [0.29, 0.717) is 0 Å². The Bertz CT molecular complexity index is 389. The summed E-state index contributed by atoms with van der Waals surface area (Å²) in [6.07, 6.45) is 5.30. The van der Waals surface area contributed by atoms with E-state index in [2.05, 4.69) is 34.0 Å². The lowest BCUT2D eigenvalue weighted by atomic mass is 10.2. The number of pyridine rings is 1. The van der Waals surface area contributed by atoms with Gasteiger partial charge >= 0.3 is 0 Å². The molecule has 0 aliphatic rings. The molecule has 15 heavy (non-hydrogen) atoms. The minimum Gasteiger partial charge on any atom is -0.726 e. The molecule has 0 bridgehead atoms. The highest BCUT2D eigenvalue weighted by atomic mass is 32.3. The predicted octanol–water partition coefficient (Wildman–Crippen LogP) is 0.167. The highest BCUT2D eigenvalue weighted by molar-refractivity contribution is 7.80. The maximum Gasteiger partial charge on any atom is 0.217 e. The Hall–Kier alpha value is -0.980. The zero-order chi connectivity index (χ0) is 11.9. The zero-order valence-corrected chi connectivity index (χ0v) is 9.82. The molecular weight excluding hydrogens is 218 g/mol. The van der Waals surface area contributed by atoms with Crippen molar-refractivity contribution in [3.8, 4) is 0 Å². The third kappa shape index (κ3) is 8.04. The van der Waals surface area contributed by atoms with Gasteiger partial charge in [-0.05, 0) is 12.5 Å². The van der Waals surface area contributed by atoms with Crippen LogP contribution in [0.25, 0.3) is 0 Å². The van der Waals surface area contributed by atoms with Gasteiger partial charge in [0, 0.05) is 11.6 Å². The Morgan fingerprint density at radius 2 is 2.07 bits per heavy atom. The molecule has 0 saturated heterocycles. The van der Waals surface area contributed by atoms with Crippen molar-refractivity contribution in [2.75, 3.05) is 7.11 Å². The van der Waals surface area contributed by atoms with Gasteiger partial charge in [0.25, 0.3) is 0 Å². The average molecular weight is 233 g/mol. The Kier molecular flexibility index (Phi) is 6.07. The first-order valence-electron chi connectivity index (χ1n) is 4.34. The summed E-state index contributed by atoms with van der Waals surface area (Å²) in [5.74, 6) is 0. The average Bonchev–Trinajstić information content (AvgIpc) is 2.18. The van der Waals surface area contributed by atoms with Crippen molar-refractivity contribution in [3.63, 3.8) is 0 Å². The third-order valence-electron chi connectivity index (χ3n) is 1.61. The molecule has 0 atom stereocenters. The van der Waals surface area contributed by atoms with E-state index >= 15 is 0 Å². The molecule has 0 spiro atoms. The van der Waals surface area contributed by atoms with Crippen molar-refractivity contribution in [2.24, 2.45) is 7.05 Å². The van der Waals surface area contributed by atoms with Gasteiger partial charge in [-0.25, -0.2) is 13.0 Å². The molecule has 0 amide bonds. The topological polar surface area (TPSA) is 70.3 Å². The standard InChI is InChI=1S/C8H12N.CH4O4S/c1-3-8-5-4-6-9(2)7-8;1-5-6(2,3)4/h4-7H,3H2,1-2H3;1H3,(H,2,3,4)/q+1;/p-1. The van der Waals surface area contributed by atoms with Crippen LogP contribution in [0.4, 0.5) is 0 Å². The maximum absolute atomic E-state index is 9.22. The van der Waals surface area contributed by atoms with Crippen molar-refractivity contribution < 1.29 is 21.7 Å². The van der Waals surface area contributed by atoms with Gasteiger partial charge in [-0.3, -0.25) is 4.18 Å². The Balaban J connectivity index is 0.000000288. The molecule has 0 saturated carbocycles. The molecule has 1 heterocycles. The summed E-state index contributed by atoms with van der Waals surface area (Å²) in [4.78, 5) is 0. The molecule has 0 N–H and O–H groups in total. The van der Waals surface area contributed by atoms with Gasteiger partial charge in [0.15, 0.2) is 12.4 Å². The van der Waals surface area contributed by atoms with Gasteiger partial charge < -0.3 is 4.55 Å². The van der Waals surface area contributed by atoms with Crippen LogP contribution in [-0.2, 0) is 28.1 Å². The van der Waals surface area contributed by atoms with Crippen LogP contribution in [0.3, 0.4) is 0 Å². The molecule has 1 aromatic rings. The summed E-state index contributed by atoms with van der Waals surface area (Å²) in [7, 11) is -1.56. The van der Waals surface area contributed by atoms with Gasteiger partial charge in [-0.1, -0.05) is 6.92 Å². The highest BCUT2D eigenvalue weighted by Gasteiger charge is 1.91. The second kappa shape index (κ2) is 6.49. The van der Waals surface area contributed by atoms with E-state index in [1.165, 1.54) is 5.56 Å². The maximum atomic E-state index is 9.22. The minimum atomic E-state index is -4.41. The molecule has 1 rings (SSSR count). The molecule has 0 aliphatic carbocycles. The molecule has 1 aromatic heterocycles. The summed E-state index contributed by atoms with van der Waals surface area (Å²) < 4.78 is 33.1. The van der Waals surface area contributed by atoms with Crippen LogP contribution >= 0.6 is 0 Å². The van der Waals surface area contributed by atoms with E-state index in [9.17, 15) is 13.0 Å². The van der Waals surface area contributed by atoms with Crippen LogP contribution in [0.2, 0.25) is 0 Å². The SMILES string of the molecule is CCc1ccc[n+](C)c1.COS(=O)(=O)[O-]. The molecule has 0 aliphatic heterocycles. The van der Waals surface area contributed by atoms with Crippen molar-refractivity contribution >= 4 is 10.4 Å². The van der Waals surface area contributed by atoms with E-state index in [1.807, 2.05) is 13.2 Å². The van der Waals surface area contributed by atoms with Gasteiger partial charge in [0.1, 0.15) is 7.05 Å². The van der Waals surface area contributed by atoms with Gasteiger partial charge in [-0.2, -0.15) is 0 Å². The number of nitrogens with zero attached hydrogens (tertiary/aromatic N) is 1. The Labute approximate surface area is 90.3 Å².